The van der Waals surface area contributed by atoms with Crippen molar-refractivity contribution in [1.82, 2.24) is 5.06 Å². The molecule has 1 aliphatic heterocycles. The Morgan fingerprint density at radius 1 is 0.700 bits per heavy atom. The van der Waals surface area contributed by atoms with E-state index in [0.717, 1.165) is 38.7 Å². The molecule has 0 radical (unpaired) electrons. The summed E-state index contributed by atoms with van der Waals surface area (Å²) in [6, 6.07) is 0. The fraction of sp³-hybridized carbons (Fsp3) is 0.971. The van der Waals surface area contributed by atoms with Gasteiger partial charge in [0.25, 0.3) is 0 Å². The molecule has 5 nitrogen and oxygen atoms in total. The molecule has 0 aromatic rings. The monoisotopic (exact) mass is 568 g/mol. The Morgan fingerprint density at radius 2 is 1.12 bits per heavy atom. The van der Waals surface area contributed by atoms with Crippen LogP contribution in [0.5, 0.6) is 0 Å². The molecule has 1 aliphatic rings. The van der Waals surface area contributed by atoms with Crippen molar-refractivity contribution in [3.8, 4) is 0 Å². The third kappa shape index (κ3) is 16.7. The summed E-state index contributed by atoms with van der Waals surface area (Å²) < 4.78 is 12.2. The second-order valence-corrected chi connectivity index (χ2v) is 14.4. The highest BCUT2D eigenvalue weighted by molar-refractivity contribution is 5.69. The van der Waals surface area contributed by atoms with E-state index in [2.05, 4.69) is 60.5 Å². The number of unbranched alkanes of at least 4 members (excludes halogenated alkanes) is 15. The maximum absolute atomic E-state index is 12.7. The summed E-state index contributed by atoms with van der Waals surface area (Å²) in [6.07, 6.45) is 23.9. The molecule has 0 aromatic heterocycles. The molecule has 0 N–H and O–H groups in total. The predicted octanol–water partition coefficient (Wildman–Crippen LogP) is 10.3. The number of hydrogen-bond acceptors (Lipinski definition) is 5. The first-order valence-corrected chi connectivity index (χ1v) is 17.2. The van der Waals surface area contributed by atoms with Crippen LogP contribution in [0.2, 0.25) is 0 Å². The third-order valence-electron chi connectivity index (χ3n) is 8.37. The Kier molecular flexibility index (Phi) is 19.0. The lowest BCUT2D eigenvalue weighted by Crippen LogP contribution is -2.62. The van der Waals surface area contributed by atoms with Crippen LogP contribution in [0.3, 0.4) is 0 Å². The second-order valence-electron chi connectivity index (χ2n) is 14.4. The predicted molar refractivity (Wildman–Crippen MR) is 170 cm³/mol. The van der Waals surface area contributed by atoms with Gasteiger partial charge in [-0.25, -0.2) is 0 Å². The van der Waals surface area contributed by atoms with Gasteiger partial charge in [-0.3, -0.25) is 9.63 Å². The molecule has 0 amide bonds. The van der Waals surface area contributed by atoms with E-state index in [9.17, 15) is 4.79 Å². The highest BCUT2D eigenvalue weighted by Crippen LogP contribution is 2.40. The lowest BCUT2D eigenvalue weighted by atomic mass is 9.80. The average molecular weight is 568 g/mol. The van der Waals surface area contributed by atoms with E-state index < -0.39 is 0 Å². The van der Waals surface area contributed by atoms with Gasteiger partial charge in [0.1, 0.15) is 6.10 Å². The number of hydrogen-bond donors (Lipinski definition) is 0. The van der Waals surface area contributed by atoms with E-state index >= 15 is 0 Å². The molecule has 0 saturated carbocycles. The molecule has 0 aliphatic carbocycles. The van der Waals surface area contributed by atoms with Crippen LogP contribution in [0.15, 0.2) is 0 Å². The van der Waals surface area contributed by atoms with Gasteiger partial charge < -0.3 is 9.47 Å². The van der Waals surface area contributed by atoms with E-state index in [0.29, 0.717) is 13.0 Å². The molecule has 0 spiro atoms. The number of hydroxylamine groups is 2. The van der Waals surface area contributed by atoms with Crippen molar-refractivity contribution in [2.45, 2.75) is 207 Å². The first-order valence-electron chi connectivity index (χ1n) is 17.2. The molecule has 0 bridgehead atoms. The van der Waals surface area contributed by atoms with Crippen molar-refractivity contribution in [3.05, 3.63) is 0 Å². The van der Waals surface area contributed by atoms with Crippen LogP contribution in [-0.2, 0) is 19.1 Å². The van der Waals surface area contributed by atoms with Crippen LogP contribution in [0.25, 0.3) is 0 Å². The van der Waals surface area contributed by atoms with Crippen molar-refractivity contribution in [2.75, 3.05) is 13.2 Å². The van der Waals surface area contributed by atoms with Crippen LogP contribution in [0, 0.1) is 0 Å². The molecule has 238 valence electrons. The molecule has 0 unspecified atom stereocenters. The summed E-state index contributed by atoms with van der Waals surface area (Å²) in [6.45, 7) is 18.8. The molecule has 1 heterocycles. The first kappa shape index (κ1) is 37.4. The zero-order valence-electron chi connectivity index (χ0n) is 28.2. The minimum absolute atomic E-state index is 0.0355. The minimum atomic E-state index is -0.338. The Morgan fingerprint density at radius 3 is 1.60 bits per heavy atom. The van der Waals surface area contributed by atoms with Crippen molar-refractivity contribution >= 4 is 5.97 Å². The molecular formula is C35H69NO4. The Bertz CT molecular complexity index is 627. The summed E-state index contributed by atoms with van der Waals surface area (Å²) >= 11 is 0. The summed E-state index contributed by atoms with van der Waals surface area (Å²) in [7, 11) is 0. The quantitative estimate of drug-likeness (QED) is 0.0857. The fourth-order valence-corrected chi connectivity index (χ4v) is 6.28. The van der Waals surface area contributed by atoms with Gasteiger partial charge in [-0.15, -0.1) is 0 Å². The molecule has 5 heteroatoms. The van der Waals surface area contributed by atoms with Gasteiger partial charge in [0, 0.05) is 36.9 Å². The van der Waals surface area contributed by atoms with Crippen molar-refractivity contribution < 1.29 is 19.1 Å². The zero-order valence-corrected chi connectivity index (χ0v) is 28.2. The lowest BCUT2D eigenvalue weighted by molar-refractivity contribution is -0.309. The number of rotatable bonds is 24. The van der Waals surface area contributed by atoms with Crippen molar-refractivity contribution in [3.63, 3.8) is 0 Å². The number of esters is 1. The highest BCUT2D eigenvalue weighted by Gasteiger charge is 2.48. The standard InChI is InChI=1S/C35H69NO4/c1-9-11-13-15-16-17-18-19-20-21-22-23-24-26-32(37)40-31-28-33(3,4)36(34(5,6)29-31)39-30-35(7,8)38-27-25-14-12-10-2/h31H,9-30H2,1-8H3. The molecule has 0 atom stereocenters. The van der Waals surface area contributed by atoms with Crippen LogP contribution in [0.4, 0.5) is 0 Å². The molecule has 40 heavy (non-hydrogen) atoms. The number of ether oxygens (including phenoxy) is 2. The normalized spacial score (nSPS) is 17.8. The molecule has 0 aromatic carbocycles. The molecule has 1 rings (SSSR count). The third-order valence-corrected chi connectivity index (χ3v) is 8.37. The van der Waals surface area contributed by atoms with Crippen molar-refractivity contribution in [2.24, 2.45) is 0 Å². The maximum atomic E-state index is 12.7. The van der Waals surface area contributed by atoms with E-state index in [1.807, 2.05) is 0 Å². The fourth-order valence-electron chi connectivity index (χ4n) is 6.28. The molecular weight excluding hydrogens is 498 g/mol. The van der Waals surface area contributed by atoms with E-state index in [4.69, 9.17) is 14.3 Å². The average Bonchev–Trinajstić information content (AvgIpc) is 2.85. The SMILES string of the molecule is CCCCCCCCCCCCCCCC(=O)OC1CC(C)(C)N(OCC(C)(C)OCCCCCC)C(C)(C)C1. The molecule has 1 saturated heterocycles. The van der Waals surface area contributed by atoms with Crippen molar-refractivity contribution in [1.29, 1.82) is 0 Å². The number of piperidine rings is 1. The topological polar surface area (TPSA) is 48.0 Å². The van der Waals surface area contributed by atoms with Gasteiger partial charge in [-0.2, -0.15) is 5.06 Å². The van der Waals surface area contributed by atoms with Gasteiger partial charge in [0.15, 0.2) is 0 Å². The van der Waals surface area contributed by atoms with Gasteiger partial charge >= 0.3 is 5.97 Å². The summed E-state index contributed by atoms with van der Waals surface area (Å²) in [5.41, 5.74) is -0.811. The Balaban J connectivity index is 2.26. The van der Waals surface area contributed by atoms with Gasteiger partial charge in [-0.05, 0) is 54.4 Å². The second kappa shape index (κ2) is 20.3. The van der Waals surface area contributed by atoms with Crippen LogP contribution in [0.1, 0.15) is 184 Å². The molecule has 1 fully saturated rings. The van der Waals surface area contributed by atoms with Crippen LogP contribution < -0.4 is 0 Å². The summed E-state index contributed by atoms with van der Waals surface area (Å²) in [5, 5.41) is 2.14. The minimum Gasteiger partial charge on any atom is -0.462 e. The largest absolute Gasteiger partial charge is 0.462 e. The van der Waals surface area contributed by atoms with E-state index in [-0.39, 0.29) is 28.8 Å². The smallest absolute Gasteiger partial charge is 0.306 e. The summed E-state index contributed by atoms with van der Waals surface area (Å²) in [5.74, 6) is -0.0355. The van der Waals surface area contributed by atoms with Gasteiger partial charge in [0.2, 0.25) is 0 Å². The Labute approximate surface area is 249 Å². The van der Waals surface area contributed by atoms with Gasteiger partial charge in [0.05, 0.1) is 12.2 Å². The maximum Gasteiger partial charge on any atom is 0.306 e. The van der Waals surface area contributed by atoms with Crippen LogP contribution >= 0.6 is 0 Å². The van der Waals surface area contributed by atoms with Crippen LogP contribution in [-0.4, -0.2) is 47.0 Å². The number of nitrogens with zero attached hydrogens (tertiary/aromatic N) is 1. The van der Waals surface area contributed by atoms with E-state index in [1.165, 1.54) is 89.9 Å². The van der Waals surface area contributed by atoms with Gasteiger partial charge in [-0.1, -0.05) is 110 Å². The number of carbonyl (C=O) groups is 1. The first-order chi connectivity index (χ1) is 18.9. The van der Waals surface area contributed by atoms with E-state index in [1.54, 1.807) is 0 Å². The summed E-state index contributed by atoms with van der Waals surface area (Å²) in [4.78, 5) is 19.1. The Hall–Kier alpha value is -0.650. The number of carbonyl (C=O) groups excluding carboxylic acids is 1. The highest BCUT2D eigenvalue weighted by atomic mass is 16.7. The lowest BCUT2D eigenvalue weighted by Gasteiger charge is -2.53. The zero-order chi connectivity index (χ0) is 29.9.